The molecule has 2 rings (SSSR count). The van der Waals surface area contributed by atoms with Gasteiger partial charge in [-0.2, -0.15) is 0 Å². The predicted molar refractivity (Wildman–Crippen MR) is 141 cm³/mol. The lowest BCUT2D eigenvalue weighted by atomic mass is 9.75. The molecule has 1 aliphatic carbocycles. The topological polar surface area (TPSA) is 111 Å². The third-order valence-electron chi connectivity index (χ3n) is 6.98. The number of aliphatic carboxylic acids is 1. The Bertz CT molecular complexity index is 808. The minimum absolute atomic E-state index is 0.0249. The third-order valence-corrected chi connectivity index (χ3v) is 6.98. The van der Waals surface area contributed by atoms with E-state index in [1.165, 1.54) is 0 Å². The summed E-state index contributed by atoms with van der Waals surface area (Å²) in [5.74, 6) is -2.02. The maximum absolute atomic E-state index is 13.6. The monoisotopic (exact) mass is 519 g/mol. The van der Waals surface area contributed by atoms with Gasteiger partial charge in [-0.1, -0.05) is 69.9 Å². The molecule has 1 fully saturated rings. The van der Waals surface area contributed by atoms with E-state index in [2.05, 4.69) is 12.2 Å². The van der Waals surface area contributed by atoms with Crippen LogP contribution in [0.5, 0.6) is 0 Å². The molecule has 8 heteroatoms. The largest absolute Gasteiger partial charge is 0.481 e. The first kappa shape index (κ1) is 30.8. The fraction of sp³-hybridized carbons (Fsp3) is 0.690. The standard InChI is InChI=1S/C29H45NO7/c1-3-5-16-35-17-18-37-26(31)19-25(22-36-21-23-12-7-6-8-13-23)30-28(34)29(14-9-10-15-29)20-24(11-4-2)27(32)33/h6-8,12-13,24-25H,3-5,9-11,14-22H2,1-2H3,(H,30,34)(H,32,33)/t24-,25+/m1/s1. The highest BCUT2D eigenvalue weighted by Gasteiger charge is 2.44. The van der Waals surface area contributed by atoms with Crippen molar-refractivity contribution >= 4 is 17.8 Å². The molecule has 2 atom stereocenters. The summed E-state index contributed by atoms with van der Waals surface area (Å²) in [5, 5.41) is 12.7. The Hall–Kier alpha value is -2.45. The Morgan fingerprint density at radius 2 is 1.73 bits per heavy atom. The number of hydrogen-bond acceptors (Lipinski definition) is 6. The first-order chi connectivity index (χ1) is 17.9. The number of rotatable bonds is 19. The number of nitrogens with one attached hydrogen (secondary N) is 1. The molecule has 1 aliphatic rings. The van der Waals surface area contributed by atoms with Crippen LogP contribution in [0.4, 0.5) is 0 Å². The summed E-state index contributed by atoms with van der Waals surface area (Å²) in [6.45, 7) is 5.68. The van der Waals surface area contributed by atoms with Gasteiger partial charge in [0.15, 0.2) is 0 Å². The van der Waals surface area contributed by atoms with E-state index in [0.29, 0.717) is 45.5 Å². The van der Waals surface area contributed by atoms with Crippen LogP contribution >= 0.6 is 0 Å². The van der Waals surface area contributed by atoms with E-state index in [1.54, 1.807) is 0 Å². The molecule has 0 unspecified atom stereocenters. The zero-order chi connectivity index (χ0) is 26.9. The summed E-state index contributed by atoms with van der Waals surface area (Å²) in [4.78, 5) is 38.0. The summed E-state index contributed by atoms with van der Waals surface area (Å²) in [6, 6.07) is 9.12. The lowest BCUT2D eigenvalue weighted by molar-refractivity contribution is -0.146. The SMILES string of the molecule is CCCCOCCOC(=O)C[C@@H](COCc1ccccc1)NC(=O)C1(C[C@@H](CCC)C(=O)O)CCCC1. The Morgan fingerprint density at radius 1 is 1.00 bits per heavy atom. The van der Waals surface area contributed by atoms with E-state index < -0.39 is 29.3 Å². The van der Waals surface area contributed by atoms with E-state index in [4.69, 9.17) is 14.2 Å². The third kappa shape index (κ3) is 11.2. The van der Waals surface area contributed by atoms with Gasteiger partial charge in [0.1, 0.15) is 6.61 Å². The number of ether oxygens (including phenoxy) is 3. The van der Waals surface area contributed by atoms with E-state index in [-0.39, 0.29) is 25.5 Å². The van der Waals surface area contributed by atoms with Gasteiger partial charge in [-0.25, -0.2) is 0 Å². The second-order valence-electron chi connectivity index (χ2n) is 10.1. The van der Waals surface area contributed by atoms with Crippen molar-refractivity contribution in [3.63, 3.8) is 0 Å². The number of carbonyl (C=O) groups excluding carboxylic acids is 2. The molecule has 1 saturated carbocycles. The molecule has 1 aromatic carbocycles. The van der Waals surface area contributed by atoms with E-state index in [9.17, 15) is 19.5 Å². The summed E-state index contributed by atoms with van der Waals surface area (Å²) >= 11 is 0. The smallest absolute Gasteiger partial charge is 0.308 e. The maximum Gasteiger partial charge on any atom is 0.308 e. The molecule has 8 nitrogen and oxygen atoms in total. The van der Waals surface area contributed by atoms with Gasteiger partial charge >= 0.3 is 11.9 Å². The summed E-state index contributed by atoms with van der Waals surface area (Å²) in [7, 11) is 0. The van der Waals surface area contributed by atoms with Gasteiger partial charge in [0.25, 0.3) is 0 Å². The van der Waals surface area contributed by atoms with Gasteiger partial charge in [-0.05, 0) is 37.7 Å². The van der Waals surface area contributed by atoms with Crippen LogP contribution in [0.3, 0.4) is 0 Å². The fourth-order valence-corrected chi connectivity index (χ4v) is 4.92. The molecule has 1 aromatic rings. The molecule has 0 bridgehead atoms. The summed E-state index contributed by atoms with van der Waals surface area (Å²) in [5.41, 5.74) is 0.267. The number of carboxylic acids is 1. The van der Waals surface area contributed by atoms with Crippen molar-refractivity contribution in [2.24, 2.45) is 11.3 Å². The van der Waals surface area contributed by atoms with Crippen LogP contribution in [0, 0.1) is 11.3 Å². The first-order valence-corrected chi connectivity index (χ1v) is 13.8. The zero-order valence-corrected chi connectivity index (χ0v) is 22.5. The Kier molecular flexibility index (Phi) is 14.2. The Labute approximate surface area is 221 Å². The molecule has 2 N–H and O–H groups in total. The van der Waals surface area contributed by atoms with Crippen molar-refractivity contribution in [1.29, 1.82) is 0 Å². The van der Waals surface area contributed by atoms with Gasteiger partial charge in [-0.15, -0.1) is 0 Å². The van der Waals surface area contributed by atoms with E-state index >= 15 is 0 Å². The fourth-order valence-electron chi connectivity index (χ4n) is 4.92. The lowest BCUT2D eigenvalue weighted by Crippen LogP contribution is -2.48. The molecule has 0 heterocycles. The molecule has 0 aromatic heterocycles. The van der Waals surface area contributed by atoms with E-state index in [0.717, 1.165) is 37.7 Å². The second-order valence-corrected chi connectivity index (χ2v) is 10.1. The van der Waals surface area contributed by atoms with Crippen LogP contribution in [-0.4, -0.2) is 55.4 Å². The van der Waals surface area contributed by atoms with Crippen LogP contribution in [0.1, 0.15) is 83.6 Å². The van der Waals surface area contributed by atoms with E-state index in [1.807, 2.05) is 37.3 Å². The number of carboxylic acid groups (broad SMARTS) is 1. The molecule has 1 amide bonds. The van der Waals surface area contributed by atoms with Gasteiger partial charge in [0.05, 0.1) is 43.6 Å². The summed E-state index contributed by atoms with van der Waals surface area (Å²) < 4.78 is 16.6. The van der Waals surface area contributed by atoms with Crippen LogP contribution < -0.4 is 5.32 Å². The van der Waals surface area contributed by atoms with Gasteiger partial charge < -0.3 is 24.6 Å². The second kappa shape index (κ2) is 17.1. The predicted octanol–water partition coefficient (Wildman–Crippen LogP) is 4.89. The Morgan fingerprint density at radius 3 is 2.38 bits per heavy atom. The molecule has 208 valence electrons. The highest BCUT2D eigenvalue weighted by molar-refractivity contribution is 5.84. The Balaban J connectivity index is 2.01. The molecule has 0 aliphatic heterocycles. The number of carbonyl (C=O) groups is 3. The molecule has 0 spiro atoms. The molecule has 0 saturated heterocycles. The van der Waals surface area contributed by atoms with Gasteiger partial charge in [0, 0.05) is 6.61 Å². The van der Waals surface area contributed by atoms with Crippen molar-refractivity contribution in [2.75, 3.05) is 26.4 Å². The minimum Gasteiger partial charge on any atom is -0.481 e. The minimum atomic E-state index is -0.853. The zero-order valence-electron chi connectivity index (χ0n) is 22.5. The van der Waals surface area contributed by atoms with Crippen molar-refractivity contribution in [3.05, 3.63) is 35.9 Å². The van der Waals surface area contributed by atoms with Crippen LogP contribution in [0.2, 0.25) is 0 Å². The van der Waals surface area contributed by atoms with Crippen molar-refractivity contribution in [2.45, 2.75) is 90.7 Å². The number of esters is 1. The number of hydrogen-bond donors (Lipinski definition) is 2. The molecular formula is C29H45NO7. The molecule has 37 heavy (non-hydrogen) atoms. The lowest BCUT2D eigenvalue weighted by Gasteiger charge is -2.32. The first-order valence-electron chi connectivity index (χ1n) is 13.8. The molecular weight excluding hydrogens is 474 g/mol. The van der Waals surface area contributed by atoms with Gasteiger partial charge in [0.2, 0.25) is 5.91 Å². The average Bonchev–Trinajstić information content (AvgIpc) is 3.36. The summed E-state index contributed by atoms with van der Waals surface area (Å²) in [6.07, 6.45) is 6.68. The average molecular weight is 520 g/mol. The van der Waals surface area contributed by atoms with Crippen molar-refractivity contribution < 1.29 is 33.7 Å². The highest BCUT2D eigenvalue weighted by Crippen LogP contribution is 2.44. The van der Waals surface area contributed by atoms with Gasteiger partial charge in [-0.3, -0.25) is 14.4 Å². The van der Waals surface area contributed by atoms with Crippen LogP contribution in [0.15, 0.2) is 30.3 Å². The quantitative estimate of drug-likeness (QED) is 0.198. The van der Waals surface area contributed by atoms with Crippen LogP contribution in [0.25, 0.3) is 0 Å². The number of unbranched alkanes of at least 4 members (excludes halogenated alkanes) is 1. The van der Waals surface area contributed by atoms with Crippen molar-refractivity contribution in [3.8, 4) is 0 Å². The van der Waals surface area contributed by atoms with Crippen molar-refractivity contribution in [1.82, 2.24) is 5.32 Å². The number of benzene rings is 1. The normalized spacial score (nSPS) is 16.2. The maximum atomic E-state index is 13.6. The molecule has 0 radical (unpaired) electrons. The van der Waals surface area contributed by atoms with Crippen LogP contribution in [-0.2, 0) is 35.2 Å². The highest BCUT2D eigenvalue weighted by atomic mass is 16.6. The number of amides is 1.